The number of nitrogens with one attached hydrogen (secondary N) is 1. The number of fused-ring (bicyclic) bond motifs is 1. The van der Waals surface area contributed by atoms with E-state index in [0.29, 0.717) is 22.8 Å². The van der Waals surface area contributed by atoms with Gasteiger partial charge in [-0.05, 0) is 24.1 Å². The summed E-state index contributed by atoms with van der Waals surface area (Å²) < 4.78 is 1.77. The number of hydrogen-bond donors (Lipinski definition) is 2. The first-order valence-electron chi connectivity index (χ1n) is 6.80. The molecule has 0 aliphatic rings. The number of carbonyl (C=O) groups is 1. The van der Waals surface area contributed by atoms with Crippen molar-refractivity contribution in [3.8, 4) is 0 Å². The van der Waals surface area contributed by atoms with E-state index in [-0.39, 0.29) is 0 Å². The van der Waals surface area contributed by atoms with E-state index in [9.17, 15) is 4.79 Å². The van der Waals surface area contributed by atoms with E-state index >= 15 is 0 Å². The molecular formula is C16H14ClN3O2. The minimum absolute atomic E-state index is 0.452. The summed E-state index contributed by atoms with van der Waals surface area (Å²) in [4.78, 5) is 16.4. The third kappa shape index (κ3) is 2.68. The molecule has 0 spiro atoms. The average Bonchev–Trinajstić information content (AvgIpc) is 2.98. The number of aromatic nitrogens is 2. The molecule has 3 rings (SSSR count). The van der Waals surface area contributed by atoms with Crippen LogP contribution < -0.4 is 5.48 Å². The number of amides is 1. The van der Waals surface area contributed by atoms with Gasteiger partial charge < -0.3 is 4.40 Å². The minimum Gasteiger partial charge on any atom is -0.302 e. The number of rotatable bonds is 4. The van der Waals surface area contributed by atoms with Crippen molar-refractivity contribution in [1.29, 1.82) is 0 Å². The zero-order valence-electron chi connectivity index (χ0n) is 11.6. The predicted octanol–water partition coefficient (Wildman–Crippen LogP) is 2.82. The average molecular weight is 316 g/mol. The van der Waals surface area contributed by atoms with Gasteiger partial charge in [-0.15, -0.1) is 0 Å². The van der Waals surface area contributed by atoms with Crippen molar-refractivity contribution < 1.29 is 10.0 Å². The maximum absolute atomic E-state index is 12.1. The number of pyridine rings is 1. The van der Waals surface area contributed by atoms with Crippen LogP contribution in [0.5, 0.6) is 0 Å². The van der Waals surface area contributed by atoms with Crippen molar-refractivity contribution >= 4 is 23.2 Å². The van der Waals surface area contributed by atoms with Crippen molar-refractivity contribution in [3.05, 3.63) is 71.1 Å². The van der Waals surface area contributed by atoms with Gasteiger partial charge in [0.2, 0.25) is 0 Å². The number of hydrogen-bond acceptors (Lipinski definition) is 3. The second-order valence-corrected chi connectivity index (χ2v) is 5.36. The first-order chi connectivity index (χ1) is 10.7. The Morgan fingerprint density at radius 1 is 1.27 bits per heavy atom. The molecule has 1 amide bonds. The standard InChI is InChI=1S/C16H14ClN3O2/c17-13-7-4-8-20-14(10-18-15(13)20)12(16(21)19-22)9-11-5-2-1-3-6-11/h1-8,10,12,22H,9H2,(H,19,21). The Labute approximate surface area is 132 Å². The Kier molecular flexibility index (Phi) is 4.09. The summed E-state index contributed by atoms with van der Waals surface area (Å²) in [6.07, 6.45) is 3.86. The van der Waals surface area contributed by atoms with Crippen LogP contribution in [0.1, 0.15) is 17.2 Å². The first kappa shape index (κ1) is 14.6. The van der Waals surface area contributed by atoms with E-state index in [4.69, 9.17) is 16.8 Å². The van der Waals surface area contributed by atoms with E-state index in [2.05, 4.69) is 4.98 Å². The Morgan fingerprint density at radius 2 is 2.05 bits per heavy atom. The molecule has 0 aliphatic carbocycles. The molecule has 1 atom stereocenters. The lowest BCUT2D eigenvalue weighted by atomic mass is 9.96. The van der Waals surface area contributed by atoms with E-state index in [1.807, 2.05) is 30.3 Å². The third-order valence-electron chi connectivity index (χ3n) is 3.58. The van der Waals surface area contributed by atoms with Gasteiger partial charge in [0.15, 0.2) is 5.65 Å². The fourth-order valence-electron chi connectivity index (χ4n) is 2.51. The fourth-order valence-corrected chi connectivity index (χ4v) is 2.73. The van der Waals surface area contributed by atoms with Gasteiger partial charge in [0.1, 0.15) is 0 Å². The van der Waals surface area contributed by atoms with Crippen molar-refractivity contribution in [2.45, 2.75) is 12.3 Å². The maximum Gasteiger partial charge on any atom is 0.252 e. The van der Waals surface area contributed by atoms with Gasteiger partial charge >= 0.3 is 0 Å². The molecule has 0 radical (unpaired) electrons. The molecule has 0 saturated heterocycles. The Bertz CT molecular complexity index is 802. The number of benzene rings is 1. The monoisotopic (exact) mass is 315 g/mol. The first-order valence-corrected chi connectivity index (χ1v) is 7.18. The zero-order valence-corrected chi connectivity index (χ0v) is 12.4. The summed E-state index contributed by atoms with van der Waals surface area (Å²) >= 11 is 6.12. The molecular weight excluding hydrogens is 302 g/mol. The van der Waals surface area contributed by atoms with Gasteiger partial charge in [0.05, 0.1) is 22.8 Å². The van der Waals surface area contributed by atoms with Gasteiger partial charge in [-0.3, -0.25) is 10.0 Å². The smallest absolute Gasteiger partial charge is 0.252 e. The highest BCUT2D eigenvalue weighted by molar-refractivity contribution is 6.33. The molecule has 5 nitrogen and oxygen atoms in total. The summed E-state index contributed by atoms with van der Waals surface area (Å²) in [5.74, 6) is -1.05. The molecule has 0 saturated carbocycles. The van der Waals surface area contributed by atoms with Crippen LogP contribution in [-0.4, -0.2) is 20.5 Å². The third-order valence-corrected chi connectivity index (χ3v) is 3.88. The van der Waals surface area contributed by atoms with Crippen molar-refractivity contribution in [2.24, 2.45) is 0 Å². The van der Waals surface area contributed by atoms with Crippen molar-refractivity contribution in [3.63, 3.8) is 0 Å². The molecule has 3 aromatic rings. The lowest BCUT2D eigenvalue weighted by Crippen LogP contribution is -2.28. The van der Waals surface area contributed by atoms with Gasteiger partial charge in [-0.1, -0.05) is 41.9 Å². The van der Waals surface area contributed by atoms with Crippen molar-refractivity contribution in [2.75, 3.05) is 0 Å². The van der Waals surface area contributed by atoms with Crippen LogP contribution in [0.4, 0.5) is 0 Å². The highest BCUT2D eigenvalue weighted by atomic mass is 35.5. The topological polar surface area (TPSA) is 66.6 Å². The van der Waals surface area contributed by atoms with Crippen LogP contribution in [0.25, 0.3) is 5.65 Å². The summed E-state index contributed by atoms with van der Waals surface area (Å²) in [6.45, 7) is 0. The molecule has 22 heavy (non-hydrogen) atoms. The van der Waals surface area contributed by atoms with E-state index in [0.717, 1.165) is 5.56 Å². The van der Waals surface area contributed by atoms with Crippen LogP contribution in [0, 0.1) is 0 Å². The van der Waals surface area contributed by atoms with Crippen LogP contribution >= 0.6 is 11.6 Å². The molecule has 112 valence electrons. The molecule has 0 fully saturated rings. The summed E-state index contributed by atoms with van der Waals surface area (Å²) in [5, 5.41) is 9.56. The molecule has 2 aromatic heterocycles. The molecule has 6 heteroatoms. The Hall–Kier alpha value is -2.37. The quantitative estimate of drug-likeness (QED) is 0.574. The molecule has 1 aromatic carbocycles. The highest BCUT2D eigenvalue weighted by Gasteiger charge is 2.24. The van der Waals surface area contributed by atoms with E-state index in [1.54, 1.807) is 34.4 Å². The summed E-state index contributed by atoms with van der Waals surface area (Å²) in [5.41, 5.74) is 3.99. The summed E-state index contributed by atoms with van der Waals surface area (Å²) in [6, 6.07) is 13.1. The Morgan fingerprint density at radius 3 is 2.77 bits per heavy atom. The molecule has 2 N–H and O–H groups in total. The van der Waals surface area contributed by atoms with Crippen LogP contribution in [0.3, 0.4) is 0 Å². The second kappa shape index (κ2) is 6.17. The lowest BCUT2D eigenvalue weighted by Gasteiger charge is -2.15. The van der Waals surface area contributed by atoms with E-state index in [1.165, 1.54) is 0 Å². The van der Waals surface area contributed by atoms with Gasteiger partial charge in [0, 0.05) is 6.20 Å². The molecule has 2 heterocycles. The zero-order chi connectivity index (χ0) is 15.5. The number of hydroxylamine groups is 1. The molecule has 1 unspecified atom stereocenters. The number of nitrogens with zero attached hydrogens (tertiary/aromatic N) is 2. The van der Waals surface area contributed by atoms with Gasteiger partial charge in [-0.2, -0.15) is 0 Å². The summed E-state index contributed by atoms with van der Waals surface area (Å²) in [7, 11) is 0. The van der Waals surface area contributed by atoms with Crippen LogP contribution in [-0.2, 0) is 11.2 Å². The molecule has 0 bridgehead atoms. The highest BCUT2D eigenvalue weighted by Crippen LogP contribution is 2.25. The van der Waals surface area contributed by atoms with Gasteiger partial charge in [-0.25, -0.2) is 10.5 Å². The second-order valence-electron chi connectivity index (χ2n) is 4.95. The van der Waals surface area contributed by atoms with E-state index < -0.39 is 11.8 Å². The number of halogens is 1. The fraction of sp³-hybridized carbons (Fsp3) is 0.125. The van der Waals surface area contributed by atoms with Crippen LogP contribution in [0.15, 0.2) is 54.9 Å². The van der Waals surface area contributed by atoms with Gasteiger partial charge in [0.25, 0.3) is 5.91 Å². The number of carbonyl (C=O) groups excluding carboxylic acids is 1. The minimum atomic E-state index is -0.569. The predicted molar refractivity (Wildman–Crippen MR) is 83.0 cm³/mol. The van der Waals surface area contributed by atoms with Crippen molar-refractivity contribution in [1.82, 2.24) is 14.9 Å². The lowest BCUT2D eigenvalue weighted by molar-refractivity contribution is -0.130. The number of imidazole rings is 1. The van der Waals surface area contributed by atoms with Crippen LogP contribution in [0.2, 0.25) is 5.02 Å². The SMILES string of the molecule is O=C(NO)C(Cc1ccccc1)c1cnc2c(Cl)cccn12. The molecule has 0 aliphatic heterocycles. The maximum atomic E-state index is 12.1. The normalized spacial score (nSPS) is 12.3. The largest absolute Gasteiger partial charge is 0.302 e. The Balaban J connectivity index is 2.05.